The summed E-state index contributed by atoms with van der Waals surface area (Å²) in [5.74, 6) is 0.146. The molecule has 1 aromatic carbocycles. The first-order valence-electron chi connectivity index (χ1n) is 7.76. The van der Waals surface area contributed by atoms with Crippen molar-refractivity contribution in [2.24, 2.45) is 4.40 Å². The van der Waals surface area contributed by atoms with Crippen LogP contribution in [0, 0.1) is 6.92 Å². The molecule has 0 fully saturated rings. The van der Waals surface area contributed by atoms with Crippen LogP contribution in [0.4, 0.5) is 0 Å². The van der Waals surface area contributed by atoms with E-state index in [9.17, 15) is 13.2 Å². The summed E-state index contributed by atoms with van der Waals surface area (Å²) in [4.78, 5) is 13.9. The molecule has 2 aliphatic heterocycles. The molecule has 6 nitrogen and oxygen atoms in total. The molecule has 7 heteroatoms. The van der Waals surface area contributed by atoms with Crippen molar-refractivity contribution in [1.82, 2.24) is 10.2 Å². The van der Waals surface area contributed by atoms with Crippen molar-refractivity contribution in [1.29, 1.82) is 0 Å². The van der Waals surface area contributed by atoms with E-state index in [0.717, 1.165) is 6.42 Å². The molecular formula is C17H19N3O3S. The summed E-state index contributed by atoms with van der Waals surface area (Å²) < 4.78 is 26.6. The number of fused-ring (bicyclic) bond motifs is 1. The molecule has 2 heterocycles. The van der Waals surface area contributed by atoms with Crippen LogP contribution in [-0.4, -0.2) is 43.9 Å². The van der Waals surface area contributed by atoms with Crippen LogP contribution in [0.5, 0.6) is 0 Å². The summed E-state index contributed by atoms with van der Waals surface area (Å²) in [6, 6.07) is 8.18. The highest BCUT2D eigenvalue weighted by Gasteiger charge is 2.24. The number of aryl methyl sites for hydroxylation is 1. The first-order valence-corrected chi connectivity index (χ1v) is 9.37. The second kappa shape index (κ2) is 6.60. The van der Waals surface area contributed by atoms with Crippen molar-refractivity contribution in [3.63, 3.8) is 0 Å². The second-order valence-electron chi connectivity index (χ2n) is 5.84. The van der Waals surface area contributed by atoms with Gasteiger partial charge in [-0.2, -0.15) is 0 Å². The summed E-state index contributed by atoms with van der Waals surface area (Å²) in [6.45, 7) is 2.89. The molecule has 126 valence electrons. The average Bonchev–Trinajstić information content (AvgIpc) is 2.53. The van der Waals surface area contributed by atoms with Gasteiger partial charge in [0, 0.05) is 19.3 Å². The van der Waals surface area contributed by atoms with E-state index in [4.69, 9.17) is 0 Å². The third-order valence-electron chi connectivity index (χ3n) is 3.87. The number of amides is 1. The fourth-order valence-corrected chi connectivity index (χ4v) is 3.59. The molecule has 3 rings (SSSR count). The molecule has 0 saturated heterocycles. The van der Waals surface area contributed by atoms with Gasteiger partial charge in [0.05, 0.1) is 11.3 Å². The molecule has 0 aliphatic carbocycles. The molecule has 0 unspecified atom stereocenters. The van der Waals surface area contributed by atoms with E-state index in [0.29, 0.717) is 24.5 Å². The van der Waals surface area contributed by atoms with Gasteiger partial charge < -0.3 is 10.2 Å². The maximum Gasteiger partial charge on any atom is 0.256 e. The molecule has 0 bridgehead atoms. The summed E-state index contributed by atoms with van der Waals surface area (Å²) in [5, 5.41) is 2.89. The van der Waals surface area contributed by atoms with E-state index in [2.05, 4.69) is 15.8 Å². The molecule has 0 radical (unpaired) electrons. The van der Waals surface area contributed by atoms with Crippen molar-refractivity contribution < 1.29 is 13.2 Å². The zero-order valence-corrected chi connectivity index (χ0v) is 14.2. The number of sulfonamides is 1. The predicted molar refractivity (Wildman–Crippen MR) is 93.0 cm³/mol. The average molecular weight is 345 g/mol. The first kappa shape index (κ1) is 16.4. The summed E-state index contributed by atoms with van der Waals surface area (Å²) in [6.07, 6.45) is 5.57. The maximum absolute atomic E-state index is 12.2. The van der Waals surface area contributed by atoms with E-state index in [1.54, 1.807) is 23.3 Å². The Hall–Kier alpha value is -2.41. The van der Waals surface area contributed by atoms with E-state index in [1.807, 2.05) is 25.1 Å². The Bertz CT molecular complexity index is 854. The number of hydrogen-bond acceptors (Lipinski definition) is 4. The fourth-order valence-electron chi connectivity index (χ4n) is 2.63. The van der Waals surface area contributed by atoms with Crippen molar-refractivity contribution in [3.8, 4) is 0 Å². The van der Waals surface area contributed by atoms with Crippen LogP contribution in [0.25, 0.3) is 0 Å². The Morgan fingerprint density at radius 3 is 2.96 bits per heavy atom. The van der Waals surface area contributed by atoms with Gasteiger partial charge in [-0.05, 0) is 31.1 Å². The summed E-state index contributed by atoms with van der Waals surface area (Å²) >= 11 is 0. The van der Waals surface area contributed by atoms with E-state index in [-0.39, 0.29) is 11.7 Å². The maximum atomic E-state index is 12.2. The zero-order valence-electron chi connectivity index (χ0n) is 13.4. The van der Waals surface area contributed by atoms with Crippen molar-refractivity contribution >= 4 is 21.8 Å². The monoisotopic (exact) mass is 345 g/mol. The number of amidine groups is 1. The van der Waals surface area contributed by atoms with Gasteiger partial charge in [-0.3, -0.25) is 4.79 Å². The Labute approximate surface area is 141 Å². The lowest BCUT2D eigenvalue weighted by molar-refractivity contribution is -0.117. The number of rotatable bonds is 4. The molecule has 0 atom stereocenters. The van der Waals surface area contributed by atoms with Gasteiger partial charge in [0.1, 0.15) is 5.84 Å². The fraction of sp³-hybridized carbons (Fsp3) is 0.294. The highest BCUT2D eigenvalue weighted by Crippen LogP contribution is 2.15. The summed E-state index contributed by atoms with van der Waals surface area (Å²) in [7, 11) is -3.37. The number of nitrogens with zero attached hydrogens (tertiary/aromatic N) is 2. The smallest absolute Gasteiger partial charge is 0.256 e. The number of hydrogen-bond donors (Lipinski definition) is 1. The van der Waals surface area contributed by atoms with E-state index >= 15 is 0 Å². The lowest BCUT2D eigenvalue weighted by atomic mass is 10.1. The third-order valence-corrected chi connectivity index (χ3v) is 5.03. The number of benzene rings is 1. The van der Waals surface area contributed by atoms with Crippen LogP contribution in [0.1, 0.15) is 11.1 Å². The predicted octanol–water partition coefficient (Wildman–Crippen LogP) is 1.15. The third kappa shape index (κ3) is 3.91. The molecule has 1 aromatic rings. The van der Waals surface area contributed by atoms with Crippen LogP contribution in [0.15, 0.2) is 52.6 Å². The normalized spacial score (nSPS) is 18.5. The van der Waals surface area contributed by atoms with Crippen LogP contribution in [-0.2, 0) is 21.2 Å². The highest BCUT2D eigenvalue weighted by molar-refractivity contribution is 7.90. The van der Waals surface area contributed by atoms with Gasteiger partial charge in [-0.15, -0.1) is 4.40 Å². The minimum Gasteiger partial charge on any atom is -0.352 e. The number of carbonyl (C=O) groups excluding carboxylic acids is 1. The Balaban J connectivity index is 1.59. The van der Waals surface area contributed by atoms with Gasteiger partial charge in [0.15, 0.2) is 0 Å². The van der Waals surface area contributed by atoms with Crippen LogP contribution in [0.2, 0.25) is 0 Å². The zero-order chi connectivity index (χ0) is 17.2. The quantitative estimate of drug-likeness (QED) is 0.888. The molecule has 0 saturated carbocycles. The van der Waals surface area contributed by atoms with Crippen LogP contribution >= 0.6 is 0 Å². The highest BCUT2D eigenvalue weighted by atomic mass is 32.2. The lowest BCUT2D eigenvalue weighted by Gasteiger charge is -2.26. The first-order chi connectivity index (χ1) is 11.4. The van der Waals surface area contributed by atoms with Gasteiger partial charge in [0.2, 0.25) is 0 Å². The van der Waals surface area contributed by atoms with Crippen LogP contribution < -0.4 is 5.32 Å². The molecule has 24 heavy (non-hydrogen) atoms. The van der Waals surface area contributed by atoms with Crippen molar-refractivity contribution in [2.75, 3.05) is 18.8 Å². The van der Waals surface area contributed by atoms with Gasteiger partial charge >= 0.3 is 0 Å². The van der Waals surface area contributed by atoms with Crippen molar-refractivity contribution in [2.45, 2.75) is 13.3 Å². The number of carbonyl (C=O) groups is 1. The Morgan fingerprint density at radius 2 is 2.17 bits per heavy atom. The van der Waals surface area contributed by atoms with Gasteiger partial charge in [-0.1, -0.05) is 29.8 Å². The van der Waals surface area contributed by atoms with Gasteiger partial charge in [0.25, 0.3) is 15.9 Å². The largest absolute Gasteiger partial charge is 0.352 e. The molecule has 0 aromatic heterocycles. The molecule has 0 spiro atoms. The molecule has 1 amide bonds. The van der Waals surface area contributed by atoms with E-state index < -0.39 is 10.0 Å². The standard InChI is InChI=1S/C17H19N3O3S/c1-13-3-2-4-14(11-13)7-8-18-17(21)15-5-6-16-19-24(22,23)10-9-20(16)12-15/h2-6,11-12H,7-10H2,1H3,(H,18,21). The minimum absolute atomic E-state index is 0.0386. The second-order valence-corrected chi connectivity index (χ2v) is 7.60. The minimum atomic E-state index is -3.37. The Kier molecular flexibility index (Phi) is 4.53. The molecule has 1 N–H and O–H groups in total. The molecule has 2 aliphatic rings. The number of nitrogens with one attached hydrogen (secondary N) is 1. The van der Waals surface area contributed by atoms with Crippen LogP contribution in [0.3, 0.4) is 0 Å². The van der Waals surface area contributed by atoms with E-state index in [1.165, 1.54) is 11.1 Å². The molecular weight excluding hydrogens is 326 g/mol. The topological polar surface area (TPSA) is 78.8 Å². The summed E-state index contributed by atoms with van der Waals surface area (Å²) in [5.41, 5.74) is 2.88. The SMILES string of the molecule is Cc1cccc(CCNC(=O)C2=CN3CCS(=O)(=O)N=C3C=C2)c1. The Morgan fingerprint density at radius 1 is 1.33 bits per heavy atom. The van der Waals surface area contributed by atoms with Gasteiger partial charge in [-0.25, -0.2) is 8.42 Å². The van der Waals surface area contributed by atoms with Crippen molar-refractivity contribution in [3.05, 3.63) is 59.3 Å². The lowest BCUT2D eigenvalue weighted by Crippen LogP contribution is -2.38.